The molecule has 0 unspecified atom stereocenters. The van der Waals surface area contributed by atoms with Crippen LogP contribution in [-0.4, -0.2) is 49.5 Å². The Bertz CT molecular complexity index is 1120. The number of carbonyl (C=O) groups is 2. The Hall–Kier alpha value is -3.33. The monoisotopic (exact) mass is 466 g/mol. The standard InChI is InChI=1S/C24H26N4O4S/c1-15(2)12-24(23(30)31)13-18(19-14-25-7-8-26-19)20(21-27-9-10-33-21)28(24)22(29)16-5-4-6-17(11-16)32-3/h4-11,14-15,18,20H,12-13H2,1-3H3,(H,30,31)/t18-,20-,24+/m1/s1. The normalized spacial score (nSPS) is 22.5. The third-order valence-corrected chi connectivity index (χ3v) is 6.87. The highest BCUT2D eigenvalue weighted by molar-refractivity contribution is 7.09. The maximum atomic E-state index is 14.0. The lowest BCUT2D eigenvalue weighted by Gasteiger charge is -2.38. The summed E-state index contributed by atoms with van der Waals surface area (Å²) in [6.07, 6.45) is 7.01. The van der Waals surface area contributed by atoms with Gasteiger partial charge in [0.05, 0.1) is 18.8 Å². The minimum Gasteiger partial charge on any atom is -0.497 e. The van der Waals surface area contributed by atoms with Crippen LogP contribution in [0.1, 0.15) is 59.7 Å². The van der Waals surface area contributed by atoms with Crippen molar-refractivity contribution in [2.75, 3.05) is 7.11 Å². The molecule has 2 aromatic heterocycles. The molecule has 172 valence electrons. The molecule has 0 radical (unpaired) electrons. The Morgan fingerprint density at radius 3 is 2.70 bits per heavy atom. The molecule has 0 spiro atoms. The first-order valence-corrected chi connectivity index (χ1v) is 11.6. The topological polar surface area (TPSA) is 106 Å². The van der Waals surface area contributed by atoms with Gasteiger partial charge in [0.2, 0.25) is 0 Å². The van der Waals surface area contributed by atoms with Crippen molar-refractivity contribution < 1.29 is 19.4 Å². The number of nitrogens with zero attached hydrogens (tertiary/aromatic N) is 4. The van der Waals surface area contributed by atoms with Crippen LogP contribution in [0.25, 0.3) is 0 Å². The molecule has 1 amide bonds. The second kappa shape index (κ2) is 9.27. The van der Waals surface area contributed by atoms with Gasteiger partial charge in [0.1, 0.15) is 16.3 Å². The molecule has 1 aromatic carbocycles. The number of hydrogen-bond donors (Lipinski definition) is 1. The van der Waals surface area contributed by atoms with E-state index in [9.17, 15) is 14.7 Å². The first-order chi connectivity index (χ1) is 15.9. The molecule has 1 aliphatic heterocycles. The van der Waals surface area contributed by atoms with E-state index in [0.29, 0.717) is 28.4 Å². The summed E-state index contributed by atoms with van der Waals surface area (Å²) in [6.45, 7) is 3.93. The minimum atomic E-state index is -1.42. The highest BCUT2D eigenvalue weighted by Crippen LogP contribution is 2.54. The number of ether oxygens (including phenoxy) is 1. The van der Waals surface area contributed by atoms with E-state index < -0.39 is 17.6 Å². The SMILES string of the molecule is COc1cccc(C(=O)N2[C@@H](c3nccs3)[C@@H](c3cnccn3)C[C@@]2(CC(C)C)C(=O)O)c1. The number of hydrogen-bond acceptors (Lipinski definition) is 7. The smallest absolute Gasteiger partial charge is 0.329 e. The molecule has 0 bridgehead atoms. The molecule has 3 heterocycles. The Morgan fingerprint density at radius 2 is 2.09 bits per heavy atom. The van der Waals surface area contributed by atoms with E-state index >= 15 is 0 Å². The van der Waals surface area contributed by atoms with E-state index in [1.807, 2.05) is 19.2 Å². The largest absolute Gasteiger partial charge is 0.497 e. The molecule has 9 heteroatoms. The second-order valence-electron chi connectivity index (χ2n) is 8.60. The summed E-state index contributed by atoms with van der Waals surface area (Å²) >= 11 is 1.40. The number of likely N-dealkylation sites (tertiary alicyclic amines) is 1. The Kier molecular flexibility index (Phi) is 6.42. The van der Waals surface area contributed by atoms with E-state index in [0.717, 1.165) is 0 Å². The summed E-state index contributed by atoms with van der Waals surface area (Å²) in [4.78, 5) is 41.7. The average molecular weight is 467 g/mol. The fourth-order valence-electron chi connectivity index (χ4n) is 4.80. The Labute approximate surface area is 196 Å². The molecule has 3 atom stereocenters. The quantitative estimate of drug-likeness (QED) is 0.557. The summed E-state index contributed by atoms with van der Waals surface area (Å²) in [5.74, 6) is -1.20. The van der Waals surface area contributed by atoms with Gasteiger partial charge in [-0.2, -0.15) is 0 Å². The maximum Gasteiger partial charge on any atom is 0.329 e. The molecular formula is C24H26N4O4S. The highest BCUT2D eigenvalue weighted by Gasteiger charge is 2.60. The molecule has 1 fully saturated rings. The summed E-state index contributed by atoms with van der Waals surface area (Å²) in [5, 5.41) is 13.1. The molecule has 1 aliphatic rings. The summed E-state index contributed by atoms with van der Waals surface area (Å²) < 4.78 is 5.31. The van der Waals surface area contributed by atoms with Crippen molar-refractivity contribution in [3.05, 3.63) is 70.7 Å². The van der Waals surface area contributed by atoms with Crippen molar-refractivity contribution in [3.8, 4) is 5.75 Å². The molecule has 3 aromatic rings. The van der Waals surface area contributed by atoms with Crippen molar-refractivity contribution in [2.24, 2.45) is 5.92 Å². The molecule has 33 heavy (non-hydrogen) atoms. The van der Waals surface area contributed by atoms with Crippen LogP contribution in [0.15, 0.2) is 54.4 Å². The average Bonchev–Trinajstić information content (AvgIpc) is 3.45. The number of aliphatic carboxylic acids is 1. The lowest BCUT2D eigenvalue weighted by molar-refractivity contribution is -0.150. The number of carboxylic acids is 1. The number of rotatable bonds is 7. The lowest BCUT2D eigenvalue weighted by Crippen LogP contribution is -2.54. The van der Waals surface area contributed by atoms with Crippen LogP contribution in [0.5, 0.6) is 5.75 Å². The molecule has 0 aliphatic carbocycles. The summed E-state index contributed by atoms with van der Waals surface area (Å²) in [7, 11) is 1.53. The van der Waals surface area contributed by atoms with Crippen molar-refractivity contribution in [3.63, 3.8) is 0 Å². The molecular weight excluding hydrogens is 440 g/mol. The number of carboxylic acid groups (broad SMARTS) is 1. The van der Waals surface area contributed by atoms with Crippen molar-refractivity contribution in [1.82, 2.24) is 19.9 Å². The maximum absolute atomic E-state index is 14.0. The van der Waals surface area contributed by atoms with E-state index in [1.54, 1.807) is 49.1 Å². The van der Waals surface area contributed by atoms with Crippen molar-refractivity contribution in [1.29, 1.82) is 0 Å². The first-order valence-electron chi connectivity index (χ1n) is 10.7. The zero-order chi connectivity index (χ0) is 23.6. The van der Waals surface area contributed by atoms with E-state index in [2.05, 4.69) is 15.0 Å². The van der Waals surface area contributed by atoms with E-state index in [-0.39, 0.29) is 24.2 Å². The van der Waals surface area contributed by atoms with Crippen LogP contribution < -0.4 is 4.74 Å². The Morgan fingerprint density at radius 1 is 1.27 bits per heavy atom. The molecule has 4 rings (SSSR count). The van der Waals surface area contributed by atoms with Gasteiger partial charge < -0.3 is 14.7 Å². The van der Waals surface area contributed by atoms with Crippen molar-refractivity contribution >= 4 is 23.2 Å². The molecule has 1 N–H and O–H groups in total. The van der Waals surface area contributed by atoms with Crippen LogP contribution in [-0.2, 0) is 4.79 Å². The van der Waals surface area contributed by atoms with Crippen LogP contribution in [0.3, 0.4) is 0 Å². The predicted octanol–water partition coefficient (Wildman–Crippen LogP) is 4.18. The highest BCUT2D eigenvalue weighted by atomic mass is 32.1. The third kappa shape index (κ3) is 4.20. The predicted molar refractivity (Wildman–Crippen MR) is 123 cm³/mol. The van der Waals surface area contributed by atoms with Crippen molar-refractivity contribution in [2.45, 2.75) is 44.2 Å². The second-order valence-corrected chi connectivity index (χ2v) is 9.52. The first kappa shape index (κ1) is 22.8. The minimum absolute atomic E-state index is 0.0410. The number of methoxy groups -OCH3 is 1. The van der Waals surface area contributed by atoms with Crippen LogP contribution >= 0.6 is 11.3 Å². The number of thiazole rings is 1. The zero-order valence-corrected chi connectivity index (χ0v) is 19.5. The number of amides is 1. The summed E-state index contributed by atoms with van der Waals surface area (Å²) in [6, 6.07) is 6.21. The van der Waals surface area contributed by atoms with Gasteiger partial charge in [-0.05, 0) is 37.0 Å². The van der Waals surface area contributed by atoms with E-state index in [1.165, 1.54) is 23.3 Å². The zero-order valence-electron chi connectivity index (χ0n) is 18.7. The fraction of sp³-hybridized carbons (Fsp3) is 0.375. The van der Waals surface area contributed by atoms with Crippen LogP contribution in [0.4, 0.5) is 0 Å². The van der Waals surface area contributed by atoms with Gasteiger partial charge in [-0.1, -0.05) is 19.9 Å². The molecule has 1 saturated heterocycles. The summed E-state index contributed by atoms with van der Waals surface area (Å²) in [5.41, 5.74) is -0.412. The van der Waals surface area contributed by atoms with Crippen LogP contribution in [0, 0.1) is 5.92 Å². The fourth-order valence-corrected chi connectivity index (χ4v) is 5.59. The van der Waals surface area contributed by atoms with Gasteiger partial charge in [-0.15, -0.1) is 11.3 Å². The van der Waals surface area contributed by atoms with Gasteiger partial charge >= 0.3 is 5.97 Å². The molecule has 0 saturated carbocycles. The third-order valence-electron chi connectivity index (χ3n) is 6.03. The van der Waals surface area contributed by atoms with Gasteiger partial charge in [0, 0.05) is 41.6 Å². The number of carbonyl (C=O) groups excluding carboxylic acids is 1. The van der Waals surface area contributed by atoms with Gasteiger partial charge in [-0.3, -0.25) is 14.8 Å². The van der Waals surface area contributed by atoms with Gasteiger partial charge in [0.15, 0.2) is 0 Å². The van der Waals surface area contributed by atoms with Gasteiger partial charge in [-0.25, -0.2) is 9.78 Å². The number of aromatic nitrogens is 3. The molecule has 8 nitrogen and oxygen atoms in total. The van der Waals surface area contributed by atoms with E-state index in [4.69, 9.17) is 4.74 Å². The lowest BCUT2D eigenvalue weighted by atomic mass is 9.83. The number of benzene rings is 1. The van der Waals surface area contributed by atoms with Gasteiger partial charge in [0.25, 0.3) is 5.91 Å². The Balaban J connectivity index is 1.93. The van der Waals surface area contributed by atoms with Crippen LogP contribution in [0.2, 0.25) is 0 Å².